The number of hydrogen-bond acceptors (Lipinski definition) is 1. The van der Waals surface area contributed by atoms with Crippen molar-refractivity contribution in [3.8, 4) is 34.0 Å². The summed E-state index contributed by atoms with van der Waals surface area (Å²) in [5.74, 6) is 0.282. The van der Waals surface area contributed by atoms with Crippen LogP contribution < -0.4 is 0 Å². The number of benzene rings is 9. The molecule has 1 unspecified atom stereocenters. The topological polar surface area (TPSA) is 28.7 Å². The van der Waals surface area contributed by atoms with Crippen LogP contribution in [0.1, 0.15) is 28.2 Å². The molecule has 1 atom stereocenters. The van der Waals surface area contributed by atoms with Gasteiger partial charge in [0.2, 0.25) is 0 Å². The largest absolute Gasteiger partial charge is 0.309 e. The lowest BCUT2D eigenvalue weighted by atomic mass is 9.87. The predicted octanol–water partition coefficient (Wildman–Crippen LogP) is 13.1. The first-order valence-electron chi connectivity index (χ1n) is 18.3. The maximum Gasteiger partial charge on any atom is 0.0992 e. The Kier molecular flexibility index (Phi) is 6.48. The Hall–Kier alpha value is -6.95. The summed E-state index contributed by atoms with van der Waals surface area (Å²) in [7, 11) is 0. The molecule has 0 saturated carbocycles. The standard InChI is InChI=1S/C51H32N2/c52-31-33-10-9-11-36(26-33)53-50-19-8-7-18-45(50)49-30-35(22-25-51(49)53)34-21-24-44-47(41-16-5-6-17-42(41)48(44)29-34)28-32-20-23-43-39-14-2-1-12-37(39)38-13-3-4-15-40(38)46(43)27-32/h1-27,29-30,47H,28H2. The third-order valence-electron chi connectivity index (χ3n) is 11.5. The van der Waals surface area contributed by atoms with Crippen LogP contribution in [0.2, 0.25) is 0 Å². The second-order valence-corrected chi connectivity index (χ2v) is 14.4. The van der Waals surface area contributed by atoms with E-state index < -0.39 is 0 Å². The van der Waals surface area contributed by atoms with Gasteiger partial charge in [-0.05, 0) is 120 Å². The molecule has 2 nitrogen and oxygen atoms in total. The highest BCUT2D eigenvalue weighted by atomic mass is 15.0. The van der Waals surface area contributed by atoms with E-state index in [-0.39, 0.29) is 5.92 Å². The monoisotopic (exact) mass is 672 g/mol. The average molecular weight is 673 g/mol. The Morgan fingerprint density at radius 1 is 0.434 bits per heavy atom. The van der Waals surface area contributed by atoms with Gasteiger partial charge in [0.05, 0.1) is 22.7 Å². The first-order valence-corrected chi connectivity index (χ1v) is 18.3. The lowest BCUT2D eigenvalue weighted by Gasteiger charge is -2.16. The van der Waals surface area contributed by atoms with E-state index in [9.17, 15) is 5.26 Å². The van der Waals surface area contributed by atoms with Gasteiger partial charge in [0.25, 0.3) is 0 Å². The molecule has 1 aliphatic rings. The van der Waals surface area contributed by atoms with Crippen molar-refractivity contribution in [3.63, 3.8) is 0 Å². The van der Waals surface area contributed by atoms with E-state index in [2.05, 4.69) is 168 Å². The zero-order valence-electron chi connectivity index (χ0n) is 28.9. The number of aromatic nitrogens is 1. The summed E-state index contributed by atoms with van der Waals surface area (Å²) in [6.07, 6.45) is 0.943. The van der Waals surface area contributed by atoms with Crippen LogP contribution in [0.15, 0.2) is 176 Å². The van der Waals surface area contributed by atoms with Crippen LogP contribution >= 0.6 is 0 Å². The smallest absolute Gasteiger partial charge is 0.0992 e. The van der Waals surface area contributed by atoms with E-state index in [1.165, 1.54) is 82.0 Å². The number of fused-ring (bicyclic) bond motifs is 12. The highest BCUT2D eigenvalue weighted by Gasteiger charge is 2.29. The molecule has 0 saturated heterocycles. The average Bonchev–Trinajstić information content (AvgIpc) is 3.72. The van der Waals surface area contributed by atoms with Crippen LogP contribution in [0, 0.1) is 11.3 Å². The van der Waals surface area contributed by atoms with Crippen molar-refractivity contribution < 1.29 is 0 Å². The molecule has 11 rings (SSSR count). The van der Waals surface area contributed by atoms with Crippen LogP contribution in [-0.2, 0) is 6.42 Å². The predicted molar refractivity (Wildman–Crippen MR) is 221 cm³/mol. The maximum atomic E-state index is 9.61. The molecule has 1 aliphatic carbocycles. The van der Waals surface area contributed by atoms with E-state index in [0.717, 1.165) is 23.1 Å². The van der Waals surface area contributed by atoms with Gasteiger partial charge < -0.3 is 4.57 Å². The Morgan fingerprint density at radius 2 is 1.06 bits per heavy atom. The molecule has 0 spiro atoms. The normalized spacial score (nSPS) is 13.5. The minimum absolute atomic E-state index is 0.282. The van der Waals surface area contributed by atoms with Crippen molar-refractivity contribution in [3.05, 3.63) is 198 Å². The van der Waals surface area contributed by atoms with Gasteiger partial charge in [-0.1, -0.05) is 133 Å². The maximum absolute atomic E-state index is 9.61. The fourth-order valence-electron chi connectivity index (χ4n) is 9.17. The van der Waals surface area contributed by atoms with Gasteiger partial charge in [0.1, 0.15) is 0 Å². The summed E-state index contributed by atoms with van der Waals surface area (Å²) in [5, 5.41) is 19.9. The molecule has 246 valence electrons. The van der Waals surface area contributed by atoms with Gasteiger partial charge in [-0.3, -0.25) is 0 Å². The third kappa shape index (κ3) is 4.51. The number of rotatable bonds is 4. The number of nitriles is 1. The summed E-state index contributed by atoms with van der Waals surface area (Å²) >= 11 is 0. The molecule has 0 fully saturated rings. The SMILES string of the molecule is N#Cc1cccc(-n2c3ccccc3c3cc(-c4ccc5c(c4)-c4ccccc4C5Cc4ccc5c6ccccc6c6ccccc6c5c4)ccc32)c1. The first kappa shape index (κ1) is 29.7. The van der Waals surface area contributed by atoms with E-state index in [4.69, 9.17) is 0 Å². The summed E-state index contributed by atoms with van der Waals surface area (Å²) in [6.45, 7) is 0. The molecule has 0 radical (unpaired) electrons. The molecular formula is C51H32N2. The summed E-state index contributed by atoms with van der Waals surface area (Å²) < 4.78 is 2.27. The van der Waals surface area contributed by atoms with Gasteiger partial charge in [-0.25, -0.2) is 0 Å². The highest BCUT2D eigenvalue weighted by molar-refractivity contribution is 6.25. The third-order valence-corrected chi connectivity index (χ3v) is 11.5. The molecule has 0 N–H and O–H groups in total. The van der Waals surface area contributed by atoms with Crippen LogP contribution in [0.3, 0.4) is 0 Å². The first-order chi connectivity index (χ1) is 26.2. The fourth-order valence-corrected chi connectivity index (χ4v) is 9.17. The minimum Gasteiger partial charge on any atom is -0.309 e. The second kappa shape index (κ2) is 11.5. The van der Waals surface area contributed by atoms with Gasteiger partial charge in [-0.2, -0.15) is 5.26 Å². The second-order valence-electron chi connectivity index (χ2n) is 14.4. The van der Waals surface area contributed by atoms with Crippen molar-refractivity contribution in [2.45, 2.75) is 12.3 Å². The fraction of sp³-hybridized carbons (Fsp3) is 0.0392. The van der Waals surface area contributed by atoms with E-state index in [1.54, 1.807) is 0 Å². The number of hydrogen-bond donors (Lipinski definition) is 0. The van der Waals surface area contributed by atoms with Gasteiger partial charge in [0, 0.05) is 22.4 Å². The minimum atomic E-state index is 0.282. The van der Waals surface area contributed by atoms with Crippen LogP contribution in [0.25, 0.3) is 82.1 Å². The Balaban J connectivity index is 1.01. The molecule has 1 aromatic heterocycles. The van der Waals surface area contributed by atoms with Crippen LogP contribution in [0.4, 0.5) is 0 Å². The van der Waals surface area contributed by atoms with E-state index in [1.807, 2.05) is 18.2 Å². The zero-order chi connectivity index (χ0) is 35.0. The van der Waals surface area contributed by atoms with Crippen LogP contribution in [-0.4, -0.2) is 4.57 Å². The highest BCUT2D eigenvalue weighted by Crippen LogP contribution is 2.48. The van der Waals surface area contributed by atoms with E-state index in [0.29, 0.717) is 5.56 Å². The van der Waals surface area contributed by atoms with Crippen LogP contribution in [0.5, 0.6) is 0 Å². The van der Waals surface area contributed by atoms with Gasteiger partial charge in [-0.15, -0.1) is 0 Å². The number of nitrogens with zero attached hydrogens (tertiary/aromatic N) is 2. The molecule has 1 heterocycles. The summed E-state index contributed by atoms with van der Waals surface area (Å²) in [4.78, 5) is 0. The van der Waals surface area contributed by atoms with Gasteiger partial charge in [0.15, 0.2) is 0 Å². The molecule has 0 bridgehead atoms. The Morgan fingerprint density at radius 3 is 1.85 bits per heavy atom. The lowest BCUT2D eigenvalue weighted by molar-refractivity contribution is 0.828. The molecule has 0 amide bonds. The van der Waals surface area contributed by atoms with Crippen molar-refractivity contribution >= 4 is 54.1 Å². The molecule has 53 heavy (non-hydrogen) atoms. The molecule has 0 aliphatic heterocycles. The van der Waals surface area contributed by atoms with Crippen molar-refractivity contribution in [1.82, 2.24) is 4.57 Å². The Labute approximate surface area is 307 Å². The quantitative estimate of drug-likeness (QED) is 0.171. The molecular weight excluding hydrogens is 641 g/mol. The molecule has 10 aromatic rings. The van der Waals surface area contributed by atoms with Gasteiger partial charge >= 0.3 is 0 Å². The van der Waals surface area contributed by atoms with E-state index >= 15 is 0 Å². The van der Waals surface area contributed by atoms with Crippen molar-refractivity contribution in [2.75, 3.05) is 0 Å². The molecule has 9 aromatic carbocycles. The number of para-hydroxylation sites is 1. The van der Waals surface area contributed by atoms with Crippen molar-refractivity contribution in [2.24, 2.45) is 0 Å². The summed E-state index contributed by atoms with van der Waals surface area (Å²) in [5.41, 5.74) is 13.2. The summed E-state index contributed by atoms with van der Waals surface area (Å²) in [6, 6.07) is 66.4. The molecule has 2 heteroatoms. The lowest BCUT2D eigenvalue weighted by Crippen LogP contribution is -2.01. The van der Waals surface area contributed by atoms with Crippen molar-refractivity contribution in [1.29, 1.82) is 5.26 Å². The Bertz CT molecular complexity index is 3140. The zero-order valence-corrected chi connectivity index (χ0v) is 28.9.